The summed E-state index contributed by atoms with van der Waals surface area (Å²) < 4.78 is 0. The number of carbonyl (C=O) groups excluding carboxylic acids is 1. The Hall–Kier alpha value is -0.570. The minimum atomic E-state index is 0.178. The molecule has 0 aliphatic heterocycles. The summed E-state index contributed by atoms with van der Waals surface area (Å²) in [6.07, 6.45) is 5.32. The number of amides is 1. The predicted octanol–water partition coefficient (Wildman–Crippen LogP) is 1.67. The summed E-state index contributed by atoms with van der Waals surface area (Å²) in [6, 6.07) is 0.178. The van der Waals surface area contributed by atoms with Gasteiger partial charge < -0.3 is 11.1 Å². The Morgan fingerprint density at radius 1 is 1.53 bits per heavy atom. The van der Waals surface area contributed by atoms with E-state index in [1.54, 1.807) is 0 Å². The zero-order valence-corrected chi connectivity index (χ0v) is 9.96. The average Bonchev–Trinajstić information content (AvgIpc) is 2.50. The quantitative estimate of drug-likeness (QED) is 0.728. The van der Waals surface area contributed by atoms with E-state index in [4.69, 9.17) is 5.73 Å². The summed E-state index contributed by atoms with van der Waals surface area (Å²) in [5, 5.41) is 2.94. The van der Waals surface area contributed by atoms with Gasteiger partial charge in [-0.25, -0.2) is 0 Å². The molecule has 0 aromatic heterocycles. The monoisotopic (exact) mass is 212 g/mol. The summed E-state index contributed by atoms with van der Waals surface area (Å²) >= 11 is 0. The van der Waals surface area contributed by atoms with Gasteiger partial charge in [0.25, 0.3) is 0 Å². The maximum Gasteiger partial charge on any atom is 0.220 e. The van der Waals surface area contributed by atoms with Crippen molar-refractivity contribution in [3.05, 3.63) is 0 Å². The minimum absolute atomic E-state index is 0.178. The number of carbonyl (C=O) groups is 1. The Morgan fingerprint density at radius 3 is 2.80 bits per heavy atom. The maximum absolute atomic E-state index is 11.5. The van der Waals surface area contributed by atoms with Crippen molar-refractivity contribution < 1.29 is 4.79 Å². The van der Waals surface area contributed by atoms with Crippen LogP contribution in [0.15, 0.2) is 0 Å². The van der Waals surface area contributed by atoms with E-state index in [2.05, 4.69) is 12.2 Å². The second kappa shape index (κ2) is 6.11. The topological polar surface area (TPSA) is 55.1 Å². The lowest BCUT2D eigenvalue weighted by molar-refractivity contribution is -0.122. The molecule has 0 spiro atoms. The van der Waals surface area contributed by atoms with Crippen LogP contribution in [0.25, 0.3) is 0 Å². The fraction of sp³-hybridized carbons (Fsp3) is 0.917. The van der Waals surface area contributed by atoms with Gasteiger partial charge >= 0.3 is 0 Å². The van der Waals surface area contributed by atoms with Crippen LogP contribution in [0.3, 0.4) is 0 Å². The summed E-state index contributed by atoms with van der Waals surface area (Å²) in [5.74, 6) is 1.64. The van der Waals surface area contributed by atoms with Gasteiger partial charge in [0.1, 0.15) is 0 Å². The SMILES string of the molecule is CC(N)CCNC(=O)CC1CCC(C)C1. The Balaban J connectivity index is 2.08. The molecule has 15 heavy (non-hydrogen) atoms. The first kappa shape index (κ1) is 12.5. The molecule has 3 nitrogen and oxygen atoms in total. The van der Waals surface area contributed by atoms with Gasteiger partial charge in [-0.2, -0.15) is 0 Å². The summed E-state index contributed by atoms with van der Waals surface area (Å²) in [7, 11) is 0. The van der Waals surface area contributed by atoms with Crippen molar-refractivity contribution in [3.8, 4) is 0 Å². The molecule has 0 radical (unpaired) electrons. The van der Waals surface area contributed by atoms with Crippen LogP contribution in [0.2, 0.25) is 0 Å². The van der Waals surface area contributed by atoms with Crippen molar-refractivity contribution in [2.45, 2.75) is 52.0 Å². The van der Waals surface area contributed by atoms with E-state index in [0.29, 0.717) is 12.3 Å². The number of hydrogen-bond donors (Lipinski definition) is 2. The highest BCUT2D eigenvalue weighted by Gasteiger charge is 2.23. The van der Waals surface area contributed by atoms with Crippen molar-refractivity contribution in [3.63, 3.8) is 0 Å². The van der Waals surface area contributed by atoms with Crippen LogP contribution in [-0.4, -0.2) is 18.5 Å². The van der Waals surface area contributed by atoms with Gasteiger partial charge in [-0.05, 0) is 38.0 Å². The highest BCUT2D eigenvalue weighted by Crippen LogP contribution is 2.32. The molecule has 3 N–H and O–H groups in total. The number of rotatable bonds is 5. The molecule has 0 bridgehead atoms. The summed E-state index contributed by atoms with van der Waals surface area (Å²) in [6.45, 7) is 4.96. The molecule has 0 aromatic carbocycles. The number of nitrogens with two attached hydrogens (primary N) is 1. The highest BCUT2D eigenvalue weighted by atomic mass is 16.1. The van der Waals surface area contributed by atoms with Gasteiger partial charge in [-0.1, -0.05) is 13.3 Å². The molecule has 88 valence electrons. The Bertz CT molecular complexity index is 204. The van der Waals surface area contributed by atoms with Gasteiger partial charge in [0.2, 0.25) is 5.91 Å². The fourth-order valence-corrected chi connectivity index (χ4v) is 2.28. The van der Waals surface area contributed by atoms with Gasteiger partial charge in [0.05, 0.1) is 0 Å². The zero-order chi connectivity index (χ0) is 11.3. The third-order valence-corrected chi connectivity index (χ3v) is 3.20. The van der Waals surface area contributed by atoms with Crippen LogP contribution in [-0.2, 0) is 4.79 Å². The third kappa shape index (κ3) is 5.17. The zero-order valence-electron chi connectivity index (χ0n) is 9.96. The smallest absolute Gasteiger partial charge is 0.220 e. The molecule has 3 atom stereocenters. The first-order valence-electron chi connectivity index (χ1n) is 6.10. The maximum atomic E-state index is 11.5. The molecule has 1 rings (SSSR count). The molecule has 1 aliphatic carbocycles. The first-order chi connectivity index (χ1) is 7.08. The summed E-state index contributed by atoms with van der Waals surface area (Å²) in [4.78, 5) is 11.5. The van der Waals surface area contributed by atoms with E-state index in [1.165, 1.54) is 19.3 Å². The molecular formula is C12H24N2O. The van der Waals surface area contributed by atoms with Crippen LogP contribution in [0, 0.1) is 11.8 Å². The molecule has 1 amide bonds. The molecule has 1 saturated carbocycles. The van der Waals surface area contributed by atoms with Gasteiger partial charge in [-0.15, -0.1) is 0 Å². The molecule has 0 aromatic rings. The van der Waals surface area contributed by atoms with Crippen molar-refractivity contribution >= 4 is 5.91 Å². The van der Waals surface area contributed by atoms with E-state index in [1.807, 2.05) is 6.92 Å². The molecule has 3 heteroatoms. The lowest BCUT2D eigenvalue weighted by Crippen LogP contribution is -2.29. The van der Waals surface area contributed by atoms with Gasteiger partial charge in [0, 0.05) is 19.0 Å². The van der Waals surface area contributed by atoms with E-state index in [0.717, 1.165) is 18.9 Å². The normalized spacial score (nSPS) is 27.7. The molecule has 1 fully saturated rings. The molecule has 3 unspecified atom stereocenters. The molecule has 0 heterocycles. The van der Waals surface area contributed by atoms with Crippen molar-refractivity contribution in [2.24, 2.45) is 17.6 Å². The fourth-order valence-electron chi connectivity index (χ4n) is 2.28. The number of hydrogen-bond acceptors (Lipinski definition) is 2. The van der Waals surface area contributed by atoms with Crippen LogP contribution < -0.4 is 11.1 Å². The van der Waals surface area contributed by atoms with Gasteiger partial charge in [0.15, 0.2) is 0 Å². The Morgan fingerprint density at radius 2 is 2.27 bits per heavy atom. The highest BCUT2D eigenvalue weighted by molar-refractivity contribution is 5.76. The van der Waals surface area contributed by atoms with Gasteiger partial charge in [-0.3, -0.25) is 4.79 Å². The lowest BCUT2D eigenvalue weighted by atomic mass is 10.0. The first-order valence-corrected chi connectivity index (χ1v) is 6.10. The largest absolute Gasteiger partial charge is 0.356 e. The van der Waals surface area contributed by atoms with Crippen molar-refractivity contribution in [1.29, 1.82) is 0 Å². The van der Waals surface area contributed by atoms with Crippen LogP contribution in [0.4, 0.5) is 0 Å². The van der Waals surface area contributed by atoms with Crippen LogP contribution >= 0.6 is 0 Å². The van der Waals surface area contributed by atoms with Crippen LogP contribution in [0.5, 0.6) is 0 Å². The molecule has 1 aliphatic rings. The van der Waals surface area contributed by atoms with E-state index in [9.17, 15) is 4.79 Å². The van der Waals surface area contributed by atoms with E-state index in [-0.39, 0.29) is 11.9 Å². The Kier molecular flexibility index (Phi) is 5.09. The summed E-state index contributed by atoms with van der Waals surface area (Å²) in [5.41, 5.74) is 5.61. The average molecular weight is 212 g/mol. The Labute approximate surface area is 92.8 Å². The minimum Gasteiger partial charge on any atom is -0.356 e. The van der Waals surface area contributed by atoms with Crippen molar-refractivity contribution in [1.82, 2.24) is 5.32 Å². The third-order valence-electron chi connectivity index (χ3n) is 3.20. The molecular weight excluding hydrogens is 188 g/mol. The van der Waals surface area contributed by atoms with Crippen molar-refractivity contribution in [2.75, 3.05) is 6.54 Å². The second-order valence-electron chi connectivity index (χ2n) is 5.10. The van der Waals surface area contributed by atoms with E-state index >= 15 is 0 Å². The standard InChI is InChI=1S/C12H24N2O/c1-9-3-4-11(7-9)8-12(15)14-6-5-10(2)13/h9-11H,3-8,13H2,1-2H3,(H,14,15). The predicted molar refractivity (Wildman–Crippen MR) is 62.4 cm³/mol. The van der Waals surface area contributed by atoms with Crippen LogP contribution in [0.1, 0.15) is 46.0 Å². The van der Waals surface area contributed by atoms with E-state index < -0.39 is 0 Å². The second-order valence-corrected chi connectivity index (χ2v) is 5.10. The molecule has 0 saturated heterocycles. The number of nitrogens with one attached hydrogen (secondary N) is 1. The lowest BCUT2D eigenvalue weighted by Gasteiger charge is -2.10.